The van der Waals surface area contributed by atoms with E-state index in [2.05, 4.69) is 5.32 Å². The zero-order chi connectivity index (χ0) is 15.7. The highest BCUT2D eigenvalue weighted by Gasteiger charge is 2.22. The van der Waals surface area contributed by atoms with E-state index in [0.29, 0.717) is 22.7 Å². The highest BCUT2D eigenvalue weighted by Crippen LogP contribution is 2.35. The standard InChI is InChI=1S/C14H12N2O5S/c15-22(18,19)10-4-1-3-9(7-10)16-14(17)11-5-2-6-12-13(11)21-8-20-12/h1-7H,8H2,(H,16,17)(H2,15,18,19). The number of ether oxygens (including phenoxy) is 2. The number of carbonyl (C=O) groups excluding carboxylic acids is 1. The van der Waals surface area contributed by atoms with Crippen LogP contribution < -0.4 is 19.9 Å². The smallest absolute Gasteiger partial charge is 0.259 e. The lowest BCUT2D eigenvalue weighted by molar-refractivity contribution is 0.102. The number of fused-ring (bicyclic) bond motifs is 1. The van der Waals surface area contributed by atoms with E-state index in [0.717, 1.165) is 0 Å². The third kappa shape index (κ3) is 2.74. The van der Waals surface area contributed by atoms with Gasteiger partial charge in [-0.25, -0.2) is 13.6 Å². The molecule has 8 heteroatoms. The fourth-order valence-electron chi connectivity index (χ4n) is 2.06. The first-order valence-corrected chi connectivity index (χ1v) is 7.82. The molecule has 114 valence electrons. The monoisotopic (exact) mass is 320 g/mol. The van der Waals surface area contributed by atoms with Crippen molar-refractivity contribution in [2.45, 2.75) is 4.90 Å². The van der Waals surface area contributed by atoms with E-state index >= 15 is 0 Å². The maximum Gasteiger partial charge on any atom is 0.259 e. The first-order valence-electron chi connectivity index (χ1n) is 6.28. The maximum atomic E-state index is 12.3. The molecule has 1 heterocycles. The molecule has 0 atom stereocenters. The highest BCUT2D eigenvalue weighted by molar-refractivity contribution is 7.89. The van der Waals surface area contributed by atoms with E-state index in [1.165, 1.54) is 18.2 Å². The summed E-state index contributed by atoms with van der Waals surface area (Å²) in [4.78, 5) is 12.2. The number of hydrogen-bond acceptors (Lipinski definition) is 5. The van der Waals surface area contributed by atoms with E-state index in [-0.39, 0.29) is 11.7 Å². The lowest BCUT2D eigenvalue weighted by Crippen LogP contribution is -2.15. The number of nitrogens with two attached hydrogens (primary N) is 1. The zero-order valence-electron chi connectivity index (χ0n) is 11.3. The first kappa shape index (κ1) is 14.4. The Morgan fingerprint density at radius 1 is 1.14 bits per heavy atom. The molecule has 0 saturated carbocycles. The molecule has 3 N–H and O–H groups in total. The zero-order valence-corrected chi connectivity index (χ0v) is 12.1. The Balaban J connectivity index is 1.88. The van der Waals surface area contributed by atoms with E-state index in [4.69, 9.17) is 14.6 Å². The van der Waals surface area contributed by atoms with Gasteiger partial charge < -0.3 is 14.8 Å². The van der Waals surface area contributed by atoms with Gasteiger partial charge in [-0.05, 0) is 30.3 Å². The number of amides is 1. The van der Waals surface area contributed by atoms with Crippen molar-refractivity contribution < 1.29 is 22.7 Å². The second-order valence-corrected chi connectivity index (χ2v) is 6.13. The van der Waals surface area contributed by atoms with Gasteiger partial charge in [-0.15, -0.1) is 0 Å². The summed E-state index contributed by atoms with van der Waals surface area (Å²) in [6, 6.07) is 10.6. The average Bonchev–Trinajstić information content (AvgIpc) is 2.94. The Bertz CT molecular complexity index is 848. The molecule has 2 aromatic carbocycles. The van der Waals surface area contributed by atoms with Gasteiger partial charge in [0.15, 0.2) is 11.5 Å². The molecule has 0 bridgehead atoms. The van der Waals surface area contributed by atoms with E-state index in [1.54, 1.807) is 24.3 Å². The van der Waals surface area contributed by atoms with Crippen molar-refractivity contribution in [1.82, 2.24) is 0 Å². The number of hydrogen-bond donors (Lipinski definition) is 2. The Hall–Kier alpha value is -2.58. The number of anilines is 1. The number of benzene rings is 2. The molecule has 0 unspecified atom stereocenters. The Kier molecular flexibility index (Phi) is 3.47. The van der Waals surface area contributed by atoms with Crippen LogP contribution in [0.3, 0.4) is 0 Å². The van der Waals surface area contributed by atoms with Crippen molar-refractivity contribution in [3.63, 3.8) is 0 Å². The number of carbonyl (C=O) groups is 1. The molecule has 0 fully saturated rings. The van der Waals surface area contributed by atoms with Crippen LogP contribution in [0, 0.1) is 0 Å². The van der Waals surface area contributed by atoms with Crippen LogP contribution in [0.15, 0.2) is 47.4 Å². The van der Waals surface area contributed by atoms with Gasteiger partial charge in [-0.2, -0.15) is 0 Å². The van der Waals surface area contributed by atoms with Gasteiger partial charge in [0.05, 0.1) is 10.5 Å². The fourth-order valence-corrected chi connectivity index (χ4v) is 2.62. The molecule has 1 amide bonds. The summed E-state index contributed by atoms with van der Waals surface area (Å²) < 4.78 is 33.1. The summed E-state index contributed by atoms with van der Waals surface area (Å²) in [6.45, 7) is 0.0561. The number of sulfonamides is 1. The Morgan fingerprint density at radius 3 is 2.68 bits per heavy atom. The number of para-hydroxylation sites is 1. The average molecular weight is 320 g/mol. The molecule has 0 saturated heterocycles. The Morgan fingerprint density at radius 2 is 1.91 bits per heavy atom. The summed E-state index contributed by atoms with van der Waals surface area (Å²) >= 11 is 0. The maximum absolute atomic E-state index is 12.3. The minimum absolute atomic E-state index is 0.0561. The second kappa shape index (κ2) is 5.32. The third-order valence-corrected chi connectivity index (χ3v) is 3.97. The molecule has 1 aliphatic heterocycles. The molecule has 0 radical (unpaired) electrons. The summed E-state index contributed by atoms with van der Waals surface area (Å²) in [5.74, 6) is 0.419. The highest BCUT2D eigenvalue weighted by atomic mass is 32.2. The molecule has 0 aliphatic carbocycles. The minimum Gasteiger partial charge on any atom is -0.454 e. The van der Waals surface area contributed by atoms with Crippen molar-refractivity contribution in [2.24, 2.45) is 5.14 Å². The predicted octanol–water partition coefficient (Wildman–Crippen LogP) is 1.32. The molecule has 1 aliphatic rings. The van der Waals surface area contributed by atoms with Crippen molar-refractivity contribution in [1.29, 1.82) is 0 Å². The van der Waals surface area contributed by atoms with Crippen LogP contribution in [0.5, 0.6) is 11.5 Å². The number of primary sulfonamides is 1. The van der Waals surface area contributed by atoms with Gasteiger partial charge in [0.2, 0.25) is 16.8 Å². The van der Waals surface area contributed by atoms with E-state index < -0.39 is 15.9 Å². The first-order chi connectivity index (χ1) is 10.4. The van der Waals surface area contributed by atoms with Crippen LogP contribution in [0.2, 0.25) is 0 Å². The van der Waals surface area contributed by atoms with Gasteiger partial charge in [0, 0.05) is 5.69 Å². The molecule has 3 rings (SSSR count). The number of rotatable bonds is 3. The molecule has 2 aromatic rings. The van der Waals surface area contributed by atoms with E-state index in [1.807, 2.05) is 0 Å². The van der Waals surface area contributed by atoms with Gasteiger partial charge in [-0.3, -0.25) is 4.79 Å². The molecule has 7 nitrogen and oxygen atoms in total. The van der Waals surface area contributed by atoms with E-state index in [9.17, 15) is 13.2 Å². The van der Waals surface area contributed by atoms with Crippen molar-refractivity contribution in [3.05, 3.63) is 48.0 Å². The predicted molar refractivity (Wildman–Crippen MR) is 78.3 cm³/mol. The summed E-state index contributed by atoms with van der Waals surface area (Å²) in [5, 5.41) is 7.67. The summed E-state index contributed by atoms with van der Waals surface area (Å²) in [6.07, 6.45) is 0. The third-order valence-electron chi connectivity index (χ3n) is 3.06. The fraction of sp³-hybridized carbons (Fsp3) is 0.0714. The lowest BCUT2D eigenvalue weighted by Gasteiger charge is -2.08. The lowest BCUT2D eigenvalue weighted by atomic mass is 10.1. The molecule has 22 heavy (non-hydrogen) atoms. The SMILES string of the molecule is NS(=O)(=O)c1cccc(NC(=O)c2cccc3c2OCO3)c1. The minimum atomic E-state index is -3.83. The summed E-state index contributed by atoms with van der Waals surface area (Å²) in [7, 11) is -3.83. The summed E-state index contributed by atoms with van der Waals surface area (Å²) in [5.41, 5.74) is 0.615. The van der Waals surface area contributed by atoms with Crippen LogP contribution >= 0.6 is 0 Å². The van der Waals surface area contributed by atoms with Gasteiger partial charge in [0.25, 0.3) is 5.91 Å². The van der Waals surface area contributed by atoms with Gasteiger partial charge in [-0.1, -0.05) is 12.1 Å². The van der Waals surface area contributed by atoms with Gasteiger partial charge >= 0.3 is 0 Å². The van der Waals surface area contributed by atoms with Crippen molar-refractivity contribution in [2.75, 3.05) is 12.1 Å². The van der Waals surface area contributed by atoms with Gasteiger partial charge in [0.1, 0.15) is 0 Å². The van der Waals surface area contributed by atoms with Crippen LogP contribution in [0.25, 0.3) is 0 Å². The van der Waals surface area contributed by atoms with Crippen LogP contribution in [-0.2, 0) is 10.0 Å². The molecule has 0 aromatic heterocycles. The Labute approximate surface area is 126 Å². The quantitative estimate of drug-likeness (QED) is 0.886. The van der Waals surface area contributed by atoms with Crippen molar-refractivity contribution >= 4 is 21.6 Å². The largest absolute Gasteiger partial charge is 0.454 e. The molecular formula is C14H12N2O5S. The second-order valence-electron chi connectivity index (χ2n) is 4.57. The van der Waals surface area contributed by atoms with Crippen molar-refractivity contribution in [3.8, 4) is 11.5 Å². The molecule has 0 spiro atoms. The van der Waals surface area contributed by atoms with Crippen LogP contribution in [0.1, 0.15) is 10.4 Å². The normalized spacial score (nSPS) is 13.0. The van der Waals surface area contributed by atoms with Crippen LogP contribution in [0.4, 0.5) is 5.69 Å². The number of nitrogens with one attached hydrogen (secondary N) is 1. The molecular weight excluding hydrogens is 308 g/mol. The van der Waals surface area contributed by atoms with Crippen LogP contribution in [-0.4, -0.2) is 21.1 Å². The topological polar surface area (TPSA) is 108 Å².